The highest BCUT2D eigenvalue weighted by molar-refractivity contribution is 6.01. The van der Waals surface area contributed by atoms with E-state index in [1.165, 1.54) is 0 Å². The summed E-state index contributed by atoms with van der Waals surface area (Å²) >= 11 is 0. The Hall–Kier alpha value is -1.32. The molecule has 104 valence electrons. The third-order valence-electron chi connectivity index (χ3n) is 5.06. The average molecular weight is 262 g/mol. The van der Waals surface area contributed by atoms with Crippen LogP contribution in [0.5, 0.6) is 0 Å². The van der Waals surface area contributed by atoms with Gasteiger partial charge in [-0.1, -0.05) is 20.8 Å². The van der Waals surface area contributed by atoms with Crippen LogP contribution in [-0.2, 0) is 9.59 Å². The van der Waals surface area contributed by atoms with Crippen LogP contribution in [-0.4, -0.2) is 41.8 Å². The van der Waals surface area contributed by atoms with E-state index in [0.29, 0.717) is 12.8 Å². The van der Waals surface area contributed by atoms with Crippen molar-refractivity contribution in [1.29, 1.82) is 0 Å². The molecule has 0 aromatic rings. The van der Waals surface area contributed by atoms with E-state index in [1.807, 2.05) is 14.1 Å². The second-order valence-electron chi connectivity index (χ2n) is 7.35. The maximum atomic E-state index is 12.6. The summed E-state index contributed by atoms with van der Waals surface area (Å²) in [5.74, 6) is 0.384. The fourth-order valence-corrected chi connectivity index (χ4v) is 4.38. The quantitative estimate of drug-likeness (QED) is 0.668. The Labute approximate surface area is 114 Å². The number of carbonyl (C=O) groups excluding carboxylic acids is 2. The van der Waals surface area contributed by atoms with E-state index in [0.717, 1.165) is 17.7 Å². The van der Waals surface area contributed by atoms with Crippen LogP contribution >= 0.6 is 0 Å². The first-order valence-corrected chi connectivity index (χ1v) is 6.93. The van der Waals surface area contributed by atoms with E-state index in [4.69, 9.17) is 0 Å². The van der Waals surface area contributed by atoms with Crippen LogP contribution in [0.25, 0.3) is 0 Å². The van der Waals surface area contributed by atoms with Gasteiger partial charge >= 0.3 is 0 Å². The van der Waals surface area contributed by atoms with Gasteiger partial charge in [-0.2, -0.15) is 0 Å². The molecule has 3 rings (SSSR count). The van der Waals surface area contributed by atoms with E-state index in [9.17, 15) is 9.59 Å². The zero-order chi connectivity index (χ0) is 14.2. The maximum absolute atomic E-state index is 12.6. The number of rotatable bonds is 0. The minimum Gasteiger partial charge on any atom is -0.356 e. The van der Waals surface area contributed by atoms with Crippen LogP contribution in [0.2, 0.25) is 0 Å². The molecule has 0 aromatic carbocycles. The second-order valence-corrected chi connectivity index (χ2v) is 7.35. The highest BCUT2D eigenvalue weighted by atomic mass is 16.2. The van der Waals surface area contributed by atoms with Crippen molar-refractivity contribution >= 4 is 11.7 Å². The third kappa shape index (κ3) is 1.46. The molecule has 4 nitrogen and oxygen atoms in total. The molecule has 0 spiro atoms. The minimum absolute atomic E-state index is 0.0165. The molecule has 0 saturated carbocycles. The largest absolute Gasteiger partial charge is 0.356 e. The zero-order valence-electron chi connectivity index (χ0n) is 12.4. The normalized spacial score (nSPS) is 37.0. The molecule has 1 amide bonds. The Morgan fingerprint density at radius 1 is 1.00 bits per heavy atom. The zero-order valence-corrected chi connectivity index (χ0v) is 12.4. The number of Topliss-reactive ketones (excluding diaryl/α,β-unsaturated/α-hetero) is 1. The summed E-state index contributed by atoms with van der Waals surface area (Å²) in [7, 11) is 3.87. The number of fused-ring (bicyclic) bond motifs is 2. The SMILES string of the molecule is CN1C(=O)C[C@@]2(C)C3=C(CC(C)(C)CC3=O)N(C)[C@@H]12. The smallest absolute Gasteiger partial charge is 0.225 e. The molecule has 0 radical (unpaired) electrons. The second kappa shape index (κ2) is 3.41. The Morgan fingerprint density at radius 2 is 1.63 bits per heavy atom. The topological polar surface area (TPSA) is 40.6 Å². The average Bonchev–Trinajstić information content (AvgIpc) is 2.58. The van der Waals surface area contributed by atoms with Gasteiger partial charge in [0.2, 0.25) is 5.91 Å². The summed E-state index contributed by atoms with van der Waals surface area (Å²) in [6.45, 7) is 6.37. The summed E-state index contributed by atoms with van der Waals surface area (Å²) in [6, 6.07) is 0. The van der Waals surface area contributed by atoms with Crippen molar-refractivity contribution in [2.75, 3.05) is 14.1 Å². The molecule has 0 unspecified atom stereocenters. The van der Waals surface area contributed by atoms with Crippen molar-refractivity contribution in [3.63, 3.8) is 0 Å². The summed E-state index contributed by atoms with van der Waals surface area (Å²) in [5.41, 5.74) is 1.80. The van der Waals surface area contributed by atoms with E-state index in [-0.39, 0.29) is 28.7 Å². The van der Waals surface area contributed by atoms with E-state index >= 15 is 0 Å². The molecule has 2 heterocycles. The first kappa shape index (κ1) is 12.7. The van der Waals surface area contributed by atoms with E-state index < -0.39 is 0 Å². The Balaban J connectivity index is 2.13. The van der Waals surface area contributed by atoms with Gasteiger partial charge in [-0.05, 0) is 11.8 Å². The van der Waals surface area contributed by atoms with Crippen molar-refractivity contribution in [3.05, 3.63) is 11.3 Å². The van der Waals surface area contributed by atoms with Crippen molar-refractivity contribution in [2.24, 2.45) is 10.8 Å². The predicted molar refractivity (Wildman–Crippen MR) is 72.1 cm³/mol. The van der Waals surface area contributed by atoms with E-state index in [1.54, 1.807) is 4.90 Å². The molecule has 2 atom stereocenters. The molecule has 1 fully saturated rings. The van der Waals surface area contributed by atoms with Gasteiger partial charge in [-0.15, -0.1) is 0 Å². The van der Waals surface area contributed by atoms with Crippen LogP contribution in [0.4, 0.5) is 0 Å². The van der Waals surface area contributed by atoms with Gasteiger partial charge in [-0.25, -0.2) is 0 Å². The van der Waals surface area contributed by atoms with Crippen LogP contribution in [0.1, 0.15) is 40.0 Å². The number of ketones is 1. The highest BCUT2D eigenvalue weighted by Gasteiger charge is 2.60. The molecule has 1 aliphatic carbocycles. The summed E-state index contributed by atoms with van der Waals surface area (Å²) in [4.78, 5) is 28.6. The van der Waals surface area contributed by atoms with Crippen LogP contribution < -0.4 is 0 Å². The van der Waals surface area contributed by atoms with Crippen molar-refractivity contribution in [1.82, 2.24) is 9.80 Å². The monoisotopic (exact) mass is 262 g/mol. The van der Waals surface area contributed by atoms with Crippen molar-refractivity contribution in [2.45, 2.75) is 46.2 Å². The molecule has 3 aliphatic rings. The molecule has 0 bridgehead atoms. The number of amides is 1. The van der Waals surface area contributed by atoms with Gasteiger partial charge in [-0.3, -0.25) is 9.59 Å². The van der Waals surface area contributed by atoms with Crippen LogP contribution in [0.3, 0.4) is 0 Å². The predicted octanol–water partition coefficient (Wildman–Crippen LogP) is 1.77. The number of nitrogens with zero attached hydrogens (tertiary/aromatic N) is 2. The molecule has 19 heavy (non-hydrogen) atoms. The van der Waals surface area contributed by atoms with Gasteiger partial charge in [0.25, 0.3) is 0 Å². The third-order valence-corrected chi connectivity index (χ3v) is 5.06. The fraction of sp³-hybridized carbons (Fsp3) is 0.733. The molecular weight excluding hydrogens is 240 g/mol. The van der Waals surface area contributed by atoms with Crippen molar-refractivity contribution in [3.8, 4) is 0 Å². The Morgan fingerprint density at radius 3 is 2.26 bits per heavy atom. The van der Waals surface area contributed by atoms with Crippen LogP contribution in [0, 0.1) is 10.8 Å². The van der Waals surface area contributed by atoms with Gasteiger partial charge in [0, 0.05) is 43.6 Å². The molecule has 0 N–H and O–H groups in total. The first-order valence-electron chi connectivity index (χ1n) is 6.93. The lowest BCUT2D eigenvalue weighted by atomic mass is 9.69. The van der Waals surface area contributed by atoms with Gasteiger partial charge in [0.1, 0.15) is 6.17 Å². The number of hydrogen-bond acceptors (Lipinski definition) is 3. The lowest BCUT2D eigenvalue weighted by molar-refractivity contribution is -0.129. The lowest BCUT2D eigenvalue weighted by Crippen LogP contribution is -2.44. The molecule has 1 saturated heterocycles. The maximum Gasteiger partial charge on any atom is 0.225 e. The Kier molecular flexibility index (Phi) is 2.28. The highest BCUT2D eigenvalue weighted by Crippen LogP contribution is 2.56. The number of allylic oxidation sites excluding steroid dienone is 1. The standard InChI is InChI=1S/C15H22N2O2/c1-14(2)6-9-12(10(18)7-14)15(3)8-11(19)17(5)13(15)16(9)4/h13H,6-8H2,1-5H3/t13-,15-/m0/s1. The Bertz CT molecular complexity index is 520. The van der Waals surface area contributed by atoms with Gasteiger partial charge in [0.05, 0.1) is 0 Å². The number of likely N-dealkylation sites (tertiary alicyclic amines) is 1. The summed E-state index contributed by atoms with van der Waals surface area (Å²) in [6.07, 6.45) is 2.00. The van der Waals surface area contributed by atoms with Crippen molar-refractivity contribution < 1.29 is 9.59 Å². The van der Waals surface area contributed by atoms with E-state index in [2.05, 4.69) is 25.7 Å². The van der Waals surface area contributed by atoms with Crippen LogP contribution in [0.15, 0.2) is 11.3 Å². The van der Waals surface area contributed by atoms with Gasteiger partial charge in [0.15, 0.2) is 5.78 Å². The molecule has 0 aromatic heterocycles. The molecular formula is C15H22N2O2. The fourth-order valence-electron chi connectivity index (χ4n) is 4.38. The number of carbonyl (C=O) groups is 2. The first-order chi connectivity index (χ1) is 8.67. The summed E-state index contributed by atoms with van der Waals surface area (Å²) < 4.78 is 0. The summed E-state index contributed by atoms with van der Waals surface area (Å²) in [5, 5.41) is 0. The lowest BCUT2D eigenvalue weighted by Gasteiger charge is -2.35. The molecule has 2 aliphatic heterocycles. The number of hydrogen-bond donors (Lipinski definition) is 0. The minimum atomic E-state index is -0.316. The van der Waals surface area contributed by atoms with Gasteiger partial charge < -0.3 is 9.80 Å². The molecule has 4 heteroatoms.